The van der Waals surface area contributed by atoms with Gasteiger partial charge in [-0.2, -0.15) is 13.2 Å². The fraction of sp³-hybridized carbons (Fsp3) is 0.556. The maximum atomic E-state index is 13.9. The lowest BCUT2D eigenvalue weighted by Gasteiger charge is -2.31. The van der Waals surface area contributed by atoms with E-state index in [-0.39, 0.29) is 12.1 Å². The quantitative estimate of drug-likeness (QED) is 0.775. The van der Waals surface area contributed by atoms with Crippen LogP contribution in [0.3, 0.4) is 0 Å². The smallest absolute Gasteiger partial charge is 0.419 e. The predicted molar refractivity (Wildman–Crippen MR) is 87.7 cm³/mol. The molecule has 1 aromatic rings. The van der Waals surface area contributed by atoms with E-state index in [1.807, 2.05) is 0 Å². The second-order valence-electron chi connectivity index (χ2n) is 7.44. The second-order valence-corrected chi connectivity index (χ2v) is 7.44. The van der Waals surface area contributed by atoms with Gasteiger partial charge in [0, 0.05) is 6.54 Å². The number of carbonyl (C=O) groups excluding carboxylic acids is 1. The van der Waals surface area contributed by atoms with Crippen molar-refractivity contribution in [3.8, 4) is 0 Å². The summed E-state index contributed by atoms with van der Waals surface area (Å²) in [4.78, 5) is 25.4. The second kappa shape index (κ2) is 7.36. The number of amides is 1. The van der Waals surface area contributed by atoms with E-state index >= 15 is 0 Å². The fourth-order valence-corrected chi connectivity index (χ4v) is 3.17. The highest BCUT2D eigenvalue weighted by atomic mass is 19.4. The molecule has 1 aliphatic rings. The van der Waals surface area contributed by atoms with Crippen molar-refractivity contribution in [1.29, 1.82) is 0 Å². The van der Waals surface area contributed by atoms with Gasteiger partial charge in [0.15, 0.2) is 0 Å². The maximum absolute atomic E-state index is 13.9. The van der Waals surface area contributed by atoms with E-state index in [2.05, 4.69) is 0 Å². The van der Waals surface area contributed by atoms with E-state index in [0.717, 1.165) is 6.07 Å². The molecule has 2 atom stereocenters. The molecule has 5 nitrogen and oxygen atoms in total. The van der Waals surface area contributed by atoms with Gasteiger partial charge in [0.1, 0.15) is 17.3 Å². The van der Waals surface area contributed by atoms with Crippen molar-refractivity contribution < 1.29 is 37.0 Å². The van der Waals surface area contributed by atoms with Crippen LogP contribution in [0, 0.1) is 5.82 Å². The van der Waals surface area contributed by atoms with Crippen LogP contribution in [0.2, 0.25) is 0 Å². The third kappa shape index (κ3) is 4.90. The van der Waals surface area contributed by atoms with Gasteiger partial charge in [0.25, 0.3) is 0 Å². The van der Waals surface area contributed by atoms with Crippen molar-refractivity contribution in [2.45, 2.75) is 57.3 Å². The van der Waals surface area contributed by atoms with E-state index in [9.17, 15) is 32.3 Å². The van der Waals surface area contributed by atoms with Crippen molar-refractivity contribution in [3.63, 3.8) is 0 Å². The number of alkyl halides is 3. The SMILES string of the molecule is CC(C)(C)OC(=O)N1CCC[C@H]1[C@@H](C(=O)O)c1ccc(C(F)(F)F)c(F)c1. The minimum atomic E-state index is -4.88. The Hall–Kier alpha value is -2.32. The first-order valence-corrected chi connectivity index (χ1v) is 8.40. The van der Waals surface area contributed by atoms with Gasteiger partial charge >= 0.3 is 18.2 Å². The van der Waals surface area contributed by atoms with Crippen LogP contribution >= 0.6 is 0 Å². The number of carbonyl (C=O) groups is 2. The van der Waals surface area contributed by atoms with Crippen LogP contribution in [0.1, 0.15) is 50.7 Å². The first kappa shape index (κ1) is 21.0. The zero-order valence-electron chi connectivity index (χ0n) is 15.1. The number of hydrogen-bond donors (Lipinski definition) is 1. The van der Waals surface area contributed by atoms with Crippen LogP contribution in [0.15, 0.2) is 18.2 Å². The van der Waals surface area contributed by atoms with Crippen LogP contribution in [0.25, 0.3) is 0 Å². The summed E-state index contributed by atoms with van der Waals surface area (Å²) in [6.45, 7) is 5.24. The molecule has 1 fully saturated rings. The van der Waals surface area contributed by atoms with E-state index in [1.165, 1.54) is 4.90 Å². The van der Waals surface area contributed by atoms with Crippen LogP contribution in [0.5, 0.6) is 0 Å². The van der Waals surface area contributed by atoms with Crippen LogP contribution in [-0.2, 0) is 15.7 Å². The minimum Gasteiger partial charge on any atom is -0.481 e. The minimum absolute atomic E-state index is 0.131. The standard InChI is InChI=1S/C18H21F4NO4/c1-17(2,3)27-16(26)23-8-4-5-13(23)14(15(24)25)10-6-7-11(12(19)9-10)18(20,21)22/h6-7,9,13-14H,4-5,8H2,1-3H3,(H,24,25)/t13-,14-/m0/s1. The molecule has 9 heteroatoms. The Morgan fingerprint density at radius 1 is 1.26 bits per heavy atom. The molecular weight excluding hydrogens is 370 g/mol. The third-order valence-corrected chi connectivity index (χ3v) is 4.24. The van der Waals surface area contributed by atoms with E-state index in [4.69, 9.17) is 4.74 Å². The number of halogens is 4. The van der Waals surface area contributed by atoms with Crippen molar-refractivity contribution >= 4 is 12.1 Å². The van der Waals surface area contributed by atoms with Gasteiger partial charge in [0.2, 0.25) is 0 Å². The summed E-state index contributed by atoms with van der Waals surface area (Å²) in [6, 6.07) is 1.20. The van der Waals surface area contributed by atoms with Crippen molar-refractivity contribution in [1.82, 2.24) is 4.90 Å². The molecular formula is C18H21F4NO4. The number of aliphatic carboxylic acids is 1. The summed E-state index contributed by atoms with van der Waals surface area (Å²) >= 11 is 0. The number of hydrogen-bond acceptors (Lipinski definition) is 3. The normalized spacial score (nSPS) is 19.1. The molecule has 1 saturated heterocycles. The molecule has 0 aromatic heterocycles. The highest BCUT2D eigenvalue weighted by molar-refractivity contribution is 5.79. The molecule has 1 amide bonds. The summed E-state index contributed by atoms with van der Waals surface area (Å²) in [5, 5.41) is 9.62. The average Bonchev–Trinajstić information content (AvgIpc) is 2.93. The summed E-state index contributed by atoms with van der Waals surface area (Å²) in [5.74, 6) is -4.26. The summed E-state index contributed by atoms with van der Waals surface area (Å²) < 4.78 is 57.4. The predicted octanol–water partition coefficient (Wildman–Crippen LogP) is 4.41. The molecule has 150 valence electrons. The molecule has 0 bridgehead atoms. The monoisotopic (exact) mass is 391 g/mol. The summed E-state index contributed by atoms with van der Waals surface area (Å²) in [6.07, 6.45) is -4.75. The van der Waals surface area contributed by atoms with Gasteiger partial charge in [0.05, 0.1) is 11.6 Å². The number of benzene rings is 1. The first-order chi connectivity index (χ1) is 12.3. The lowest BCUT2D eigenvalue weighted by Crippen LogP contribution is -2.44. The number of likely N-dealkylation sites (tertiary alicyclic amines) is 1. The molecule has 0 radical (unpaired) electrons. The molecule has 27 heavy (non-hydrogen) atoms. The molecule has 1 heterocycles. The number of carboxylic acids is 1. The molecule has 0 saturated carbocycles. The highest BCUT2D eigenvalue weighted by Crippen LogP contribution is 2.36. The molecule has 1 N–H and O–H groups in total. The first-order valence-electron chi connectivity index (χ1n) is 8.40. The van der Waals surface area contributed by atoms with Crippen LogP contribution < -0.4 is 0 Å². The molecule has 1 aliphatic heterocycles. The number of ether oxygens (including phenoxy) is 1. The summed E-state index contributed by atoms with van der Waals surface area (Å²) in [7, 11) is 0. The number of carboxylic acid groups (broad SMARTS) is 1. The maximum Gasteiger partial charge on any atom is 0.419 e. The van der Waals surface area contributed by atoms with E-state index in [0.29, 0.717) is 25.0 Å². The number of nitrogens with zero attached hydrogens (tertiary/aromatic N) is 1. The Balaban J connectivity index is 2.36. The number of rotatable bonds is 3. The van der Waals surface area contributed by atoms with Crippen LogP contribution in [-0.4, -0.2) is 40.3 Å². The Morgan fingerprint density at radius 3 is 2.37 bits per heavy atom. The lowest BCUT2D eigenvalue weighted by atomic mass is 9.89. The molecule has 0 aliphatic carbocycles. The van der Waals surface area contributed by atoms with Gasteiger partial charge in [-0.1, -0.05) is 6.07 Å². The van der Waals surface area contributed by atoms with E-state index < -0.39 is 47.2 Å². The Labute approximate surface area is 153 Å². The molecule has 0 unspecified atom stereocenters. The molecule has 2 rings (SSSR count). The van der Waals surface area contributed by atoms with Crippen molar-refractivity contribution in [2.24, 2.45) is 0 Å². The average molecular weight is 391 g/mol. The highest BCUT2D eigenvalue weighted by Gasteiger charge is 2.42. The molecule has 1 aromatic carbocycles. The Morgan fingerprint density at radius 2 is 1.89 bits per heavy atom. The topological polar surface area (TPSA) is 66.8 Å². The van der Waals surface area contributed by atoms with Crippen molar-refractivity contribution in [2.75, 3.05) is 6.54 Å². The third-order valence-electron chi connectivity index (χ3n) is 4.24. The zero-order chi connectivity index (χ0) is 20.6. The van der Waals surface area contributed by atoms with Gasteiger partial charge in [-0.05, 0) is 51.3 Å². The van der Waals surface area contributed by atoms with Gasteiger partial charge < -0.3 is 14.7 Å². The zero-order valence-corrected chi connectivity index (χ0v) is 15.1. The summed E-state index contributed by atoms with van der Waals surface area (Å²) in [5.41, 5.74) is -2.39. The Bertz CT molecular complexity index is 727. The lowest BCUT2D eigenvalue weighted by molar-refractivity contribution is -0.140. The van der Waals surface area contributed by atoms with Crippen LogP contribution in [0.4, 0.5) is 22.4 Å². The van der Waals surface area contributed by atoms with Gasteiger partial charge in [-0.25, -0.2) is 9.18 Å². The van der Waals surface area contributed by atoms with Gasteiger partial charge in [-0.3, -0.25) is 4.79 Å². The van der Waals surface area contributed by atoms with Crippen molar-refractivity contribution in [3.05, 3.63) is 35.1 Å². The van der Waals surface area contributed by atoms with Gasteiger partial charge in [-0.15, -0.1) is 0 Å². The van der Waals surface area contributed by atoms with E-state index in [1.54, 1.807) is 20.8 Å². The Kier molecular flexibility index (Phi) is 5.72. The molecule has 0 spiro atoms. The fourth-order valence-electron chi connectivity index (χ4n) is 3.17. The largest absolute Gasteiger partial charge is 0.481 e.